The first kappa shape index (κ1) is 11.6. The van der Waals surface area contributed by atoms with Crippen LogP contribution in [0.4, 0.5) is 5.82 Å². The van der Waals surface area contributed by atoms with Crippen molar-refractivity contribution in [3.05, 3.63) is 18.3 Å². The van der Waals surface area contributed by atoms with E-state index in [1.54, 1.807) is 0 Å². The molecule has 0 atom stereocenters. The summed E-state index contributed by atoms with van der Waals surface area (Å²) in [4.78, 5) is 6.17. The van der Waals surface area contributed by atoms with Crippen LogP contribution in [0.2, 0.25) is 0 Å². The highest BCUT2D eigenvalue weighted by atomic mass is 35.7. The fourth-order valence-corrected chi connectivity index (χ4v) is 2.27. The zero-order chi connectivity index (χ0) is 11.6. The molecule has 0 spiro atoms. The van der Waals surface area contributed by atoms with E-state index in [4.69, 9.17) is 15.4 Å². The fourth-order valence-electron chi connectivity index (χ4n) is 1.52. The summed E-state index contributed by atoms with van der Waals surface area (Å²) in [6.45, 7) is 2.66. The lowest BCUT2D eigenvalue weighted by molar-refractivity contribution is 0.122. The van der Waals surface area contributed by atoms with Gasteiger partial charge in [0.25, 0.3) is 9.05 Å². The Hall–Kier alpha value is -0.850. The van der Waals surface area contributed by atoms with Gasteiger partial charge in [-0.1, -0.05) is 0 Å². The Kier molecular flexibility index (Phi) is 3.32. The molecule has 16 heavy (non-hydrogen) atoms. The van der Waals surface area contributed by atoms with E-state index in [0.29, 0.717) is 32.1 Å². The molecule has 0 saturated carbocycles. The summed E-state index contributed by atoms with van der Waals surface area (Å²) < 4.78 is 27.5. The van der Waals surface area contributed by atoms with Gasteiger partial charge in [-0.2, -0.15) is 0 Å². The minimum atomic E-state index is -3.69. The molecule has 1 aliphatic heterocycles. The van der Waals surface area contributed by atoms with E-state index in [-0.39, 0.29) is 4.90 Å². The average Bonchev–Trinajstić information content (AvgIpc) is 2.29. The van der Waals surface area contributed by atoms with E-state index < -0.39 is 9.05 Å². The smallest absolute Gasteiger partial charge is 0.261 e. The van der Waals surface area contributed by atoms with Gasteiger partial charge in [-0.25, -0.2) is 13.4 Å². The lowest BCUT2D eigenvalue weighted by Crippen LogP contribution is -2.36. The van der Waals surface area contributed by atoms with Crippen molar-refractivity contribution in [1.29, 1.82) is 0 Å². The van der Waals surface area contributed by atoms with Crippen LogP contribution in [-0.2, 0) is 13.8 Å². The van der Waals surface area contributed by atoms with Gasteiger partial charge in [-0.3, -0.25) is 0 Å². The number of halogens is 1. The quantitative estimate of drug-likeness (QED) is 0.740. The third kappa shape index (κ3) is 2.63. The summed E-state index contributed by atoms with van der Waals surface area (Å²) in [5.74, 6) is 0.616. The van der Waals surface area contributed by atoms with E-state index >= 15 is 0 Å². The molecule has 0 aromatic carbocycles. The first-order valence-corrected chi connectivity index (χ1v) is 7.12. The molecule has 0 unspecified atom stereocenters. The van der Waals surface area contributed by atoms with Crippen LogP contribution in [-0.4, -0.2) is 39.7 Å². The van der Waals surface area contributed by atoms with Gasteiger partial charge in [0.05, 0.1) is 18.1 Å². The average molecular weight is 263 g/mol. The molecular formula is C9H11ClN2O3S. The molecule has 88 valence electrons. The number of hydrogen-bond acceptors (Lipinski definition) is 5. The van der Waals surface area contributed by atoms with Crippen LogP contribution in [0, 0.1) is 0 Å². The van der Waals surface area contributed by atoms with Crippen LogP contribution < -0.4 is 4.90 Å². The number of aromatic nitrogens is 1. The minimum absolute atomic E-state index is 0.0747. The van der Waals surface area contributed by atoms with Gasteiger partial charge in [-0.05, 0) is 6.07 Å². The molecule has 1 aromatic heterocycles. The van der Waals surface area contributed by atoms with E-state index in [1.807, 2.05) is 4.90 Å². The highest BCUT2D eigenvalue weighted by Crippen LogP contribution is 2.20. The Morgan fingerprint density at radius 2 is 2.06 bits per heavy atom. The molecular weight excluding hydrogens is 252 g/mol. The molecule has 0 aliphatic carbocycles. The molecule has 0 N–H and O–H groups in total. The zero-order valence-corrected chi connectivity index (χ0v) is 10.0. The first-order valence-electron chi connectivity index (χ1n) is 4.81. The van der Waals surface area contributed by atoms with Crippen molar-refractivity contribution < 1.29 is 13.2 Å². The van der Waals surface area contributed by atoms with Crippen LogP contribution in [0.1, 0.15) is 0 Å². The Bertz CT molecular complexity index is 471. The highest BCUT2D eigenvalue weighted by molar-refractivity contribution is 8.13. The summed E-state index contributed by atoms with van der Waals surface area (Å²) >= 11 is 0. The highest BCUT2D eigenvalue weighted by Gasteiger charge is 2.16. The van der Waals surface area contributed by atoms with Crippen LogP contribution in [0.15, 0.2) is 23.2 Å². The van der Waals surface area contributed by atoms with E-state index in [1.165, 1.54) is 18.3 Å². The van der Waals surface area contributed by atoms with Crippen LogP contribution in [0.25, 0.3) is 0 Å². The Morgan fingerprint density at radius 3 is 2.69 bits per heavy atom. The summed E-state index contributed by atoms with van der Waals surface area (Å²) in [5, 5.41) is 0. The van der Waals surface area contributed by atoms with Gasteiger partial charge < -0.3 is 9.64 Å². The molecule has 0 amide bonds. The molecule has 1 aliphatic rings. The maximum atomic E-state index is 11.2. The van der Waals surface area contributed by atoms with Gasteiger partial charge in [0, 0.05) is 36.0 Å². The lowest BCUT2D eigenvalue weighted by Gasteiger charge is -2.27. The topological polar surface area (TPSA) is 59.5 Å². The fraction of sp³-hybridized carbons (Fsp3) is 0.444. The molecule has 2 rings (SSSR count). The summed E-state index contributed by atoms with van der Waals surface area (Å²) in [6, 6.07) is 2.86. The third-order valence-electron chi connectivity index (χ3n) is 2.33. The van der Waals surface area contributed by atoms with Crippen molar-refractivity contribution in [3.63, 3.8) is 0 Å². The first-order chi connectivity index (χ1) is 7.57. The van der Waals surface area contributed by atoms with Gasteiger partial charge in [0.1, 0.15) is 5.82 Å². The predicted molar refractivity (Wildman–Crippen MR) is 60.3 cm³/mol. The van der Waals surface area contributed by atoms with E-state index in [0.717, 1.165) is 0 Å². The molecule has 1 aromatic rings. The molecule has 2 heterocycles. The second kappa shape index (κ2) is 4.57. The number of nitrogens with zero attached hydrogens (tertiary/aromatic N) is 2. The maximum Gasteiger partial charge on any atom is 0.261 e. The summed E-state index contributed by atoms with van der Waals surface area (Å²) in [7, 11) is 1.58. The monoisotopic (exact) mass is 262 g/mol. The summed E-state index contributed by atoms with van der Waals surface area (Å²) in [5.41, 5.74) is 0. The van der Waals surface area contributed by atoms with Crippen molar-refractivity contribution in [2.75, 3.05) is 31.2 Å². The largest absolute Gasteiger partial charge is 0.378 e. The van der Waals surface area contributed by atoms with Crippen molar-refractivity contribution in [2.45, 2.75) is 4.90 Å². The normalized spacial score (nSPS) is 17.4. The van der Waals surface area contributed by atoms with Gasteiger partial charge in [0.2, 0.25) is 0 Å². The number of hydrogen-bond donors (Lipinski definition) is 0. The van der Waals surface area contributed by atoms with Gasteiger partial charge >= 0.3 is 0 Å². The van der Waals surface area contributed by atoms with Crippen molar-refractivity contribution in [3.8, 4) is 0 Å². The number of morpholine rings is 1. The minimum Gasteiger partial charge on any atom is -0.378 e. The lowest BCUT2D eigenvalue weighted by atomic mass is 10.4. The number of anilines is 1. The molecule has 5 nitrogen and oxygen atoms in total. The number of pyridine rings is 1. The van der Waals surface area contributed by atoms with Gasteiger partial charge in [0.15, 0.2) is 0 Å². The standard InChI is InChI=1S/C9H11ClN2O3S/c10-16(13,14)8-1-2-11-9(7-8)12-3-5-15-6-4-12/h1-2,7H,3-6H2. The van der Waals surface area contributed by atoms with Crippen molar-refractivity contribution in [1.82, 2.24) is 4.98 Å². The molecule has 0 radical (unpaired) electrons. The Morgan fingerprint density at radius 1 is 1.38 bits per heavy atom. The van der Waals surface area contributed by atoms with Crippen LogP contribution >= 0.6 is 10.7 Å². The maximum absolute atomic E-state index is 11.2. The molecule has 1 fully saturated rings. The third-order valence-corrected chi connectivity index (χ3v) is 3.69. The SMILES string of the molecule is O=S(=O)(Cl)c1ccnc(N2CCOCC2)c1. The predicted octanol–water partition coefficient (Wildman–Crippen LogP) is 0.846. The number of rotatable bonds is 2. The van der Waals surface area contributed by atoms with Crippen molar-refractivity contribution in [2.24, 2.45) is 0 Å². The Balaban J connectivity index is 2.28. The Labute approximate surface area is 98.4 Å². The van der Waals surface area contributed by atoms with E-state index in [9.17, 15) is 8.42 Å². The molecule has 7 heteroatoms. The molecule has 1 saturated heterocycles. The summed E-state index contributed by atoms with van der Waals surface area (Å²) in [6.07, 6.45) is 1.44. The van der Waals surface area contributed by atoms with Crippen molar-refractivity contribution >= 4 is 25.6 Å². The van der Waals surface area contributed by atoms with Crippen LogP contribution in [0.3, 0.4) is 0 Å². The van der Waals surface area contributed by atoms with E-state index in [2.05, 4.69) is 4.98 Å². The van der Waals surface area contributed by atoms with Gasteiger partial charge in [-0.15, -0.1) is 0 Å². The number of ether oxygens (including phenoxy) is 1. The second-order valence-electron chi connectivity index (χ2n) is 3.39. The second-order valence-corrected chi connectivity index (χ2v) is 5.95. The zero-order valence-electron chi connectivity index (χ0n) is 8.47. The van der Waals surface area contributed by atoms with Crippen LogP contribution in [0.5, 0.6) is 0 Å². The molecule has 0 bridgehead atoms.